The molecule has 2 N–H and O–H groups in total. The molecule has 0 heterocycles. The van der Waals surface area contributed by atoms with E-state index in [-0.39, 0.29) is 5.56 Å². The van der Waals surface area contributed by atoms with E-state index in [9.17, 15) is 4.79 Å². The maximum atomic E-state index is 10.9. The van der Waals surface area contributed by atoms with E-state index in [0.717, 1.165) is 0 Å². The molecular weight excluding hydrogens is 339 g/mol. The van der Waals surface area contributed by atoms with Gasteiger partial charge in [0.25, 0.3) is 0 Å². The molecule has 0 aliphatic heterocycles. The molecule has 0 unspecified atom stereocenters. The number of carbonyl (C=O) groups is 1. The first-order valence-electron chi connectivity index (χ1n) is 6.75. The summed E-state index contributed by atoms with van der Waals surface area (Å²) in [6.45, 7) is 2.31. The van der Waals surface area contributed by atoms with Crippen LogP contribution in [0.2, 0.25) is 10.0 Å². The van der Waals surface area contributed by atoms with Crippen molar-refractivity contribution in [2.75, 3.05) is 12.0 Å². The van der Waals surface area contributed by atoms with Gasteiger partial charge in [-0.25, -0.2) is 4.79 Å². The second kappa shape index (κ2) is 7.85. The lowest BCUT2D eigenvalue weighted by atomic mass is 10.2. The molecule has 0 aliphatic carbocycles. The monoisotopic (exact) mass is 352 g/mol. The smallest absolute Gasteiger partial charge is 0.335 e. The Morgan fingerprint density at radius 2 is 2.00 bits per heavy atom. The third kappa shape index (κ3) is 4.61. The molecule has 0 spiro atoms. The minimum Gasteiger partial charge on any atom is -0.491 e. The quantitative estimate of drug-likeness (QED) is 0.591. The zero-order chi connectivity index (χ0) is 16.8. The molecule has 5 nitrogen and oxygen atoms in total. The molecule has 2 aromatic carbocycles. The highest BCUT2D eigenvalue weighted by Crippen LogP contribution is 2.33. The molecule has 23 heavy (non-hydrogen) atoms. The molecule has 0 saturated carbocycles. The van der Waals surface area contributed by atoms with Gasteiger partial charge < -0.3 is 9.84 Å². The first-order chi connectivity index (χ1) is 11.0. The Labute approximate surface area is 143 Å². The zero-order valence-corrected chi connectivity index (χ0v) is 13.7. The maximum absolute atomic E-state index is 10.9. The molecular formula is C16H14Cl2N2O3. The van der Waals surface area contributed by atoms with Gasteiger partial charge in [-0.05, 0) is 42.8 Å². The number of hydrazone groups is 1. The molecule has 0 saturated heterocycles. The molecule has 7 heteroatoms. The van der Waals surface area contributed by atoms with Crippen LogP contribution in [0.3, 0.4) is 0 Å². The largest absolute Gasteiger partial charge is 0.491 e. The van der Waals surface area contributed by atoms with E-state index >= 15 is 0 Å². The fraction of sp³-hybridized carbons (Fsp3) is 0.125. The van der Waals surface area contributed by atoms with Crippen LogP contribution in [0.25, 0.3) is 0 Å². The van der Waals surface area contributed by atoms with Gasteiger partial charge in [0, 0.05) is 0 Å². The van der Waals surface area contributed by atoms with Crippen molar-refractivity contribution in [2.24, 2.45) is 5.10 Å². The predicted molar refractivity (Wildman–Crippen MR) is 92.2 cm³/mol. The van der Waals surface area contributed by atoms with Gasteiger partial charge in [-0.15, -0.1) is 0 Å². The number of hydrogen-bond donors (Lipinski definition) is 2. The average Bonchev–Trinajstić information content (AvgIpc) is 2.51. The summed E-state index contributed by atoms with van der Waals surface area (Å²) in [4.78, 5) is 10.9. The van der Waals surface area contributed by atoms with E-state index in [4.69, 9.17) is 33.0 Å². The number of rotatable bonds is 6. The number of ether oxygens (including phenoxy) is 1. The van der Waals surface area contributed by atoms with Crippen LogP contribution in [0.5, 0.6) is 5.75 Å². The van der Waals surface area contributed by atoms with Crippen molar-refractivity contribution in [2.45, 2.75) is 6.92 Å². The number of halogens is 2. The highest BCUT2D eigenvalue weighted by Gasteiger charge is 2.08. The molecule has 0 atom stereocenters. The number of anilines is 1. The summed E-state index contributed by atoms with van der Waals surface area (Å²) in [5.74, 6) is -0.558. The molecule has 0 aromatic heterocycles. The van der Waals surface area contributed by atoms with Crippen LogP contribution < -0.4 is 10.2 Å². The van der Waals surface area contributed by atoms with E-state index < -0.39 is 5.97 Å². The summed E-state index contributed by atoms with van der Waals surface area (Å²) in [6, 6.07) is 9.68. The third-order valence-electron chi connectivity index (χ3n) is 2.83. The molecule has 2 aromatic rings. The number of hydrogen-bond acceptors (Lipinski definition) is 4. The minimum absolute atomic E-state index is 0.178. The van der Waals surface area contributed by atoms with Crippen molar-refractivity contribution in [1.29, 1.82) is 0 Å². The Balaban J connectivity index is 2.12. The Kier molecular flexibility index (Phi) is 5.84. The Bertz CT molecular complexity index is 725. The summed E-state index contributed by atoms with van der Waals surface area (Å²) in [7, 11) is 0. The number of aromatic carboxylic acids is 1. The summed E-state index contributed by atoms with van der Waals surface area (Å²) >= 11 is 12.2. The fourth-order valence-corrected chi connectivity index (χ4v) is 2.45. The van der Waals surface area contributed by atoms with E-state index in [1.54, 1.807) is 24.3 Å². The number of carboxylic acid groups (broad SMARTS) is 1. The molecule has 2 rings (SSSR count). The highest BCUT2D eigenvalue weighted by molar-refractivity contribution is 6.37. The summed E-state index contributed by atoms with van der Waals surface area (Å²) < 4.78 is 5.35. The standard InChI is InChI=1S/C16H14Cl2N2O3/c1-2-23-15-13(17)6-10(7-14(15)18)9-19-20-12-5-3-4-11(8-12)16(21)22/h3-9,20H,2H2,1H3,(H,21,22)/b19-9+. The zero-order valence-electron chi connectivity index (χ0n) is 12.2. The summed E-state index contributed by atoms with van der Waals surface area (Å²) in [5.41, 5.74) is 4.18. The third-order valence-corrected chi connectivity index (χ3v) is 3.39. The molecule has 0 fully saturated rings. The second-order valence-corrected chi connectivity index (χ2v) is 5.32. The molecule has 120 valence electrons. The number of benzene rings is 2. The van der Waals surface area contributed by atoms with Crippen LogP contribution in [0.15, 0.2) is 41.5 Å². The van der Waals surface area contributed by atoms with Crippen LogP contribution in [0.4, 0.5) is 5.69 Å². The van der Waals surface area contributed by atoms with Crippen molar-refractivity contribution in [3.63, 3.8) is 0 Å². The second-order valence-electron chi connectivity index (χ2n) is 4.50. The maximum Gasteiger partial charge on any atom is 0.335 e. The first-order valence-corrected chi connectivity index (χ1v) is 7.51. The predicted octanol–water partition coefficient (Wildman–Crippen LogP) is 4.54. The van der Waals surface area contributed by atoms with Gasteiger partial charge >= 0.3 is 5.97 Å². The molecule has 0 radical (unpaired) electrons. The van der Waals surface area contributed by atoms with Crippen LogP contribution in [0, 0.1) is 0 Å². The summed E-state index contributed by atoms with van der Waals surface area (Å²) in [6.07, 6.45) is 1.53. The van der Waals surface area contributed by atoms with Crippen molar-refractivity contribution in [3.8, 4) is 5.75 Å². The van der Waals surface area contributed by atoms with Gasteiger partial charge in [0.15, 0.2) is 5.75 Å². The van der Waals surface area contributed by atoms with E-state index in [2.05, 4.69) is 10.5 Å². The molecule has 0 bridgehead atoms. The van der Waals surface area contributed by atoms with Gasteiger partial charge in [0.2, 0.25) is 0 Å². The van der Waals surface area contributed by atoms with Crippen LogP contribution in [-0.4, -0.2) is 23.9 Å². The van der Waals surface area contributed by atoms with Crippen molar-refractivity contribution in [3.05, 3.63) is 57.6 Å². The molecule has 0 aliphatic rings. The van der Waals surface area contributed by atoms with Gasteiger partial charge in [0.05, 0.1) is 34.1 Å². The fourth-order valence-electron chi connectivity index (χ4n) is 1.84. The Hall–Kier alpha value is -2.24. The Morgan fingerprint density at radius 1 is 1.30 bits per heavy atom. The lowest BCUT2D eigenvalue weighted by Crippen LogP contribution is -1.98. The lowest BCUT2D eigenvalue weighted by Gasteiger charge is -2.08. The van der Waals surface area contributed by atoms with E-state index in [1.807, 2.05) is 6.92 Å². The average molecular weight is 353 g/mol. The van der Waals surface area contributed by atoms with Crippen LogP contribution >= 0.6 is 23.2 Å². The van der Waals surface area contributed by atoms with Crippen molar-refractivity contribution in [1.82, 2.24) is 0 Å². The lowest BCUT2D eigenvalue weighted by molar-refractivity contribution is 0.0697. The SMILES string of the molecule is CCOc1c(Cl)cc(/C=N/Nc2cccc(C(=O)O)c2)cc1Cl. The number of carboxylic acids is 1. The van der Waals surface area contributed by atoms with Crippen LogP contribution in [0.1, 0.15) is 22.8 Å². The van der Waals surface area contributed by atoms with Gasteiger partial charge in [-0.1, -0.05) is 29.3 Å². The summed E-state index contributed by atoms with van der Waals surface area (Å²) in [5, 5.41) is 13.8. The van der Waals surface area contributed by atoms with E-state index in [0.29, 0.717) is 33.7 Å². The first kappa shape index (κ1) is 17.1. The van der Waals surface area contributed by atoms with Gasteiger partial charge in [0.1, 0.15) is 0 Å². The Morgan fingerprint density at radius 3 is 2.61 bits per heavy atom. The molecule has 0 amide bonds. The highest BCUT2D eigenvalue weighted by atomic mass is 35.5. The minimum atomic E-state index is -0.997. The number of nitrogens with one attached hydrogen (secondary N) is 1. The topological polar surface area (TPSA) is 70.9 Å². The van der Waals surface area contributed by atoms with E-state index in [1.165, 1.54) is 18.3 Å². The number of nitrogens with zero attached hydrogens (tertiary/aromatic N) is 1. The van der Waals surface area contributed by atoms with Crippen LogP contribution in [-0.2, 0) is 0 Å². The normalized spacial score (nSPS) is 10.7. The van der Waals surface area contributed by atoms with Crippen molar-refractivity contribution < 1.29 is 14.6 Å². The van der Waals surface area contributed by atoms with Gasteiger partial charge in [-0.2, -0.15) is 5.10 Å². The van der Waals surface area contributed by atoms with Crippen molar-refractivity contribution >= 4 is 41.1 Å². The van der Waals surface area contributed by atoms with Gasteiger partial charge in [-0.3, -0.25) is 5.43 Å².